The number of carbonyl (C=O) groups is 2. The summed E-state index contributed by atoms with van der Waals surface area (Å²) in [6.45, 7) is 3.07. The number of H-pyrrole nitrogens is 1. The maximum atomic E-state index is 11.9. The number of aromatic nitrogens is 3. The van der Waals surface area contributed by atoms with Crippen LogP contribution in [0.5, 0.6) is 0 Å². The van der Waals surface area contributed by atoms with Crippen LogP contribution in [0.3, 0.4) is 0 Å². The smallest absolute Gasteiger partial charge is 0.241 e. The van der Waals surface area contributed by atoms with Crippen molar-refractivity contribution >= 4 is 28.9 Å². The molecule has 0 aliphatic rings. The zero-order chi connectivity index (χ0) is 18.8. The summed E-state index contributed by atoms with van der Waals surface area (Å²) < 4.78 is 0. The lowest BCUT2D eigenvalue weighted by atomic mass is 9.97. The molecule has 3 rings (SSSR count). The van der Waals surface area contributed by atoms with Gasteiger partial charge in [-0.3, -0.25) is 9.59 Å². The van der Waals surface area contributed by atoms with Crippen molar-refractivity contribution in [3.8, 4) is 11.3 Å². The Balaban J connectivity index is 2.10. The van der Waals surface area contributed by atoms with Gasteiger partial charge in [-0.1, -0.05) is 12.1 Å². The van der Waals surface area contributed by atoms with E-state index >= 15 is 0 Å². The Morgan fingerprint density at radius 3 is 2.77 bits per heavy atom. The van der Waals surface area contributed by atoms with Crippen LogP contribution >= 0.6 is 0 Å². The predicted octanol–water partition coefficient (Wildman–Crippen LogP) is 2.38. The van der Waals surface area contributed by atoms with Gasteiger partial charge in [-0.25, -0.2) is 9.97 Å². The maximum absolute atomic E-state index is 11.9. The third-order valence-electron chi connectivity index (χ3n) is 4.02. The molecule has 2 heterocycles. The quantitative estimate of drug-likeness (QED) is 0.482. The molecule has 2 aromatic heterocycles. The van der Waals surface area contributed by atoms with Crippen LogP contribution in [-0.2, 0) is 4.79 Å². The molecular formula is C19H18N4O3. The van der Waals surface area contributed by atoms with Crippen molar-refractivity contribution in [1.82, 2.24) is 15.0 Å². The lowest BCUT2D eigenvalue weighted by molar-refractivity contribution is -0.113. The maximum Gasteiger partial charge on any atom is 0.241 e. The van der Waals surface area contributed by atoms with Crippen LogP contribution in [0, 0.1) is 0 Å². The van der Waals surface area contributed by atoms with Gasteiger partial charge in [-0.15, -0.1) is 0 Å². The van der Waals surface area contributed by atoms with Crippen molar-refractivity contribution in [2.75, 3.05) is 0 Å². The molecule has 0 saturated carbocycles. The van der Waals surface area contributed by atoms with Gasteiger partial charge >= 0.3 is 0 Å². The number of benzene rings is 1. The highest BCUT2D eigenvalue weighted by atomic mass is 16.3. The molecule has 0 saturated heterocycles. The minimum atomic E-state index is -0.744. The molecular weight excluding hydrogens is 332 g/mol. The van der Waals surface area contributed by atoms with Gasteiger partial charge in [0.05, 0.1) is 18.0 Å². The van der Waals surface area contributed by atoms with Crippen LogP contribution < -0.4 is 5.73 Å². The number of nitrogens with zero attached hydrogens (tertiary/aromatic N) is 2. The average Bonchev–Trinajstić information content (AvgIpc) is 3.01. The topological polar surface area (TPSA) is 122 Å². The SMILES string of the molecule is CC(=O)c1cc(-c2cnc3[nH]cc(C=CC(N)=O)c3n2)ccc1[C@H](C)O. The number of nitrogens with one attached hydrogen (secondary N) is 1. The molecule has 1 amide bonds. The van der Waals surface area contributed by atoms with E-state index in [1.54, 1.807) is 43.6 Å². The number of primary amides is 1. The predicted molar refractivity (Wildman–Crippen MR) is 98.2 cm³/mol. The highest BCUT2D eigenvalue weighted by Gasteiger charge is 2.14. The lowest BCUT2D eigenvalue weighted by Crippen LogP contribution is -2.05. The first kappa shape index (κ1) is 17.5. The molecule has 132 valence electrons. The van der Waals surface area contributed by atoms with Crippen LogP contribution in [0.25, 0.3) is 28.5 Å². The molecule has 7 heteroatoms. The summed E-state index contributed by atoms with van der Waals surface area (Å²) in [6, 6.07) is 5.20. The van der Waals surface area contributed by atoms with E-state index in [1.807, 2.05) is 0 Å². The van der Waals surface area contributed by atoms with E-state index in [0.717, 1.165) is 0 Å². The summed E-state index contributed by atoms with van der Waals surface area (Å²) in [5.41, 5.74) is 9.28. The second-order valence-electron chi connectivity index (χ2n) is 5.97. The summed E-state index contributed by atoms with van der Waals surface area (Å²) in [7, 11) is 0. The molecule has 0 radical (unpaired) electrons. The molecule has 4 N–H and O–H groups in total. The number of aliphatic hydroxyl groups excluding tert-OH is 1. The first-order valence-corrected chi connectivity index (χ1v) is 8.01. The van der Waals surface area contributed by atoms with Crippen molar-refractivity contribution in [3.05, 3.63) is 53.4 Å². The number of Topliss-reactive ketones (excluding diaryl/α,β-unsaturated/α-hetero) is 1. The Bertz CT molecular complexity index is 1030. The zero-order valence-corrected chi connectivity index (χ0v) is 14.4. The normalized spacial score (nSPS) is 12.6. The summed E-state index contributed by atoms with van der Waals surface area (Å²) in [5.74, 6) is -0.688. The number of ketones is 1. The van der Waals surface area contributed by atoms with Crippen molar-refractivity contribution in [2.24, 2.45) is 5.73 Å². The summed E-state index contributed by atoms with van der Waals surface area (Å²) in [4.78, 5) is 34.8. The number of amides is 1. The first-order valence-electron chi connectivity index (χ1n) is 8.01. The van der Waals surface area contributed by atoms with Gasteiger partial charge in [0.2, 0.25) is 5.91 Å². The molecule has 3 aromatic rings. The number of nitrogens with two attached hydrogens (primary N) is 1. The van der Waals surface area contributed by atoms with Crippen LogP contribution in [0.4, 0.5) is 0 Å². The molecule has 0 spiro atoms. The highest BCUT2D eigenvalue weighted by molar-refractivity contribution is 5.97. The third-order valence-corrected chi connectivity index (χ3v) is 4.02. The molecule has 0 aliphatic heterocycles. The van der Waals surface area contributed by atoms with Crippen molar-refractivity contribution < 1.29 is 14.7 Å². The molecule has 26 heavy (non-hydrogen) atoms. The van der Waals surface area contributed by atoms with E-state index in [1.165, 1.54) is 13.0 Å². The van der Waals surface area contributed by atoms with E-state index in [0.29, 0.717) is 39.1 Å². The largest absolute Gasteiger partial charge is 0.389 e. The second kappa shape index (κ2) is 6.89. The van der Waals surface area contributed by atoms with E-state index in [-0.39, 0.29) is 5.78 Å². The van der Waals surface area contributed by atoms with Crippen LogP contribution in [-0.4, -0.2) is 31.7 Å². The number of aromatic amines is 1. The van der Waals surface area contributed by atoms with Crippen molar-refractivity contribution in [3.63, 3.8) is 0 Å². The third kappa shape index (κ3) is 3.38. The van der Waals surface area contributed by atoms with E-state index in [2.05, 4.69) is 15.0 Å². The van der Waals surface area contributed by atoms with E-state index in [9.17, 15) is 14.7 Å². The fourth-order valence-electron chi connectivity index (χ4n) is 2.73. The number of hydrogen-bond donors (Lipinski definition) is 3. The Morgan fingerprint density at radius 2 is 2.12 bits per heavy atom. The Kier molecular flexibility index (Phi) is 4.64. The Morgan fingerprint density at radius 1 is 1.35 bits per heavy atom. The summed E-state index contributed by atoms with van der Waals surface area (Å²) in [5, 5.41) is 9.84. The molecule has 1 atom stereocenters. The summed E-state index contributed by atoms with van der Waals surface area (Å²) >= 11 is 0. The number of aliphatic hydroxyl groups is 1. The molecule has 1 aromatic carbocycles. The molecule has 0 bridgehead atoms. The van der Waals surface area contributed by atoms with Crippen LogP contribution in [0.15, 0.2) is 36.7 Å². The average molecular weight is 350 g/mol. The van der Waals surface area contributed by atoms with E-state index in [4.69, 9.17) is 5.73 Å². The van der Waals surface area contributed by atoms with Gasteiger partial charge < -0.3 is 15.8 Å². The van der Waals surface area contributed by atoms with Gasteiger partial charge in [0.25, 0.3) is 0 Å². The van der Waals surface area contributed by atoms with Gasteiger partial charge in [-0.2, -0.15) is 0 Å². The van der Waals surface area contributed by atoms with Crippen LogP contribution in [0.2, 0.25) is 0 Å². The number of fused-ring (bicyclic) bond motifs is 1. The minimum Gasteiger partial charge on any atom is -0.389 e. The summed E-state index contributed by atoms with van der Waals surface area (Å²) in [6.07, 6.45) is 5.36. The zero-order valence-electron chi connectivity index (χ0n) is 14.4. The molecule has 0 fully saturated rings. The second-order valence-corrected chi connectivity index (χ2v) is 5.97. The Hall–Kier alpha value is -3.32. The van der Waals surface area contributed by atoms with Gasteiger partial charge in [0, 0.05) is 29.0 Å². The van der Waals surface area contributed by atoms with Gasteiger partial charge in [0.1, 0.15) is 5.52 Å². The number of hydrogen-bond acceptors (Lipinski definition) is 5. The van der Waals surface area contributed by atoms with Crippen molar-refractivity contribution in [1.29, 1.82) is 0 Å². The van der Waals surface area contributed by atoms with Crippen LogP contribution in [0.1, 0.15) is 41.4 Å². The fourth-order valence-corrected chi connectivity index (χ4v) is 2.73. The fraction of sp³-hybridized carbons (Fsp3) is 0.158. The minimum absolute atomic E-state index is 0.136. The van der Waals surface area contributed by atoms with Gasteiger partial charge in [-0.05, 0) is 31.6 Å². The Labute approximate surface area is 149 Å². The molecule has 0 unspecified atom stereocenters. The molecule has 0 aliphatic carbocycles. The lowest BCUT2D eigenvalue weighted by Gasteiger charge is -2.11. The molecule has 7 nitrogen and oxygen atoms in total. The van der Waals surface area contributed by atoms with Crippen molar-refractivity contribution in [2.45, 2.75) is 20.0 Å². The number of rotatable bonds is 5. The van der Waals surface area contributed by atoms with Gasteiger partial charge in [0.15, 0.2) is 11.4 Å². The number of carbonyl (C=O) groups excluding carboxylic acids is 2. The standard InChI is InChI=1S/C19H18N4O3/c1-10(24)14-5-3-12(7-15(14)11(2)25)16-9-22-19-18(23-16)13(8-21-19)4-6-17(20)26/h3-10,24H,1-2H3,(H2,20,26)(H,21,22)/t10-/m0/s1. The monoisotopic (exact) mass is 350 g/mol. The van der Waals surface area contributed by atoms with E-state index < -0.39 is 12.0 Å². The first-order chi connectivity index (χ1) is 12.4. The highest BCUT2D eigenvalue weighted by Crippen LogP contribution is 2.26.